The largest absolute Gasteiger partial charge is 0.497 e. The van der Waals surface area contributed by atoms with Crippen LogP contribution in [0.5, 0.6) is 5.75 Å². The predicted molar refractivity (Wildman–Crippen MR) is 72.4 cm³/mol. The van der Waals surface area contributed by atoms with Crippen LogP contribution in [0.1, 0.15) is 11.6 Å². The average Bonchev–Trinajstić information content (AvgIpc) is 2.47. The van der Waals surface area contributed by atoms with Crippen LogP contribution in [0.2, 0.25) is 0 Å². The van der Waals surface area contributed by atoms with Crippen LogP contribution in [0, 0.1) is 0 Å². The Morgan fingerprint density at radius 3 is 1.94 bits per heavy atom. The molecule has 0 radical (unpaired) electrons. The number of aliphatic hydroxyl groups excluding tert-OH is 1. The number of aliphatic hydroxyl groups is 1. The zero-order chi connectivity index (χ0) is 13.0. The smallest absolute Gasteiger partial charge is 0.118 e. The van der Waals surface area contributed by atoms with Gasteiger partial charge in [-0.15, -0.1) is 0 Å². The molecule has 0 aromatic heterocycles. The first-order valence-electron chi connectivity index (χ1n) is 5.85. The topological polar surface area (TPSA) is 55.5 Å². The molecule has 94 valence electrons. The molecule has 18 heavy (non-hydrogen) atoms. The van der Waals surface area contributed by atoms with Crippen molar-refractivity contribution in [3.63, 3.8) is 0 Å². The van der Waals surface area contributed by atoms with E-state index in [1.165, 1.54) is 0 Å². The number of rotatable bonds is 4. The van der Waals surface area contributed by atoms with Crippen molar-refractivity contribution in [1.82, 2.24) is 0 Å². The van der Waals surface area contributed by atoms with E-state index in [4.69, 9.17) is 15.6 Å². The molecule has 0 fully saturated rings. The summed E-state index contributed by atoms with van der Waals surface area (Å²) in [4.78, 5) is 0. The highest BCUT2D eigenvalue weighted by molar-refractivity contribution is 5.64. The molecular formula is C15H17NO2. The molecule has 3 heteroatoms. The van der Waals surface area contributed by atoms with Crippen LogP contribution in [-0.4, -0.2) is 18.8 Å². The van der Waals surface area contributed by atoms with E-state index in [-0.39, 0.29) is 12.6 Å². The lowest BCUT2D eigenvalue weighted by Gasteiger charge is -2.09. The molecule has 0 aliphatic rings. The first-order valence-corrected chi connectivity index (χ1v) is 5.85. The Hall–Kier alpha value is -1.84. The van der Waals surface area contributed by atoms with Gasteiger partial charge in [0.05, 0.1) is 19.8 Å². The monoisotopic (exact) mass is 243 g/mol. The minimum atomic E-state index is -0.310. The molecule has 0 amide bonds. The predicted octanol–water partition coefficient (Wildman–Crippen LogP) is 2.35. The van der Waals surface area contributed by atoms with E-state index < -0.39 is 0 Å². The molecule has 2 rings (SSSR count). The highest BCUT2D eigenvalue weighted by Gasteiger charge is 2.04. The van der Waals surface area contributed by atoms with Crippen LogP contribution in [0.25, 0.3) is 11.1 Å². The van der Waals surface area contributed by atoms with Crippen molar-refractivity contribution in [2.24, 2.45) is 5.73 Å². The van der Waals surface area contributed by atoms with Crippen LogP contribution >= 0.6 is 0 Å². The van der Waals surface area contributed by atoms with Gasteiger partial charge < -0.3 is 15.6 Å². The molecular weight excluding hydrogens is 226 g/mol. The summed E-state index contributed by atoms with van der Waals surface area (Å²) in [6, 6.07) is 15.5. The fourth-order valence-corrected chi connectivity index (χ4v) is 1.81. The van der Waals surface area contributed by atoms with Gasteiger partial charge in [0.2, 0.25) is 0 Å². The Morgan fingerprint density at radius 1 is 1.00 bits per heavy atom. The molecule has 0 bridgehead atoms. The summed E-state index contributed by atoms with van der Waals surface area (Å²) >= 11 is 0. The molecule has 0 saturated carbocycles. The van der Waals surface area contributed by atoms with Crippen molar-refractivity contribution in [2.45, 2.75) is 6.04 Å². The third-order valence-electron chi connectivity index (χ3n) is 2.96. The zero-order valence-electron chi connectivity index (χ0n) is 10.3. The highest BCUT2D eigenvalue weighted by atomic mass is 16.5. The second-order valence-corrected chi connectivity index (χ2v) is 4.14. The van der Waals surface area contributed by atoms with Gasteiger partial charge in [0.1, 0.15) is 5.75 Å². The summed E-state index contributed by atoms with van der Waals surface area (Å²) in [7, 11) is 1.65. The van der Waals surface area contributed by atoms with Crippen molar-refractivity contribution in [2.75, 3.05) is 13.7 Å². The van der Waals surface area contributed by atoms with E-state index in [1.54, 1.807) is 7.11 Å². The maximum atomic E-state index is 8.99. The van der Waals surface area contributed by atoms with E-state index in [2.05, 4.69) is 0 Å². The number of methoxy groups -OCH3 is 1. The van der Waals surface area contributed by atoms with Gasteiger partial charge in [0.15, 0.2) is 0 Å². The van der Waals surface area contributed by atoms with Crippen LogP contribution in [0.3, 0.4) is 0 Å². The Bertz CT molecular complexity index is 491. The van der Waals surface area contributed by atoms with E-state index in [9.17, 15) is 0 Å². The molecule has 0 spiro atoms. The van der Waals surface area contributed by atoms with E-state index in [1.807, 2.05) is 48.5 Å². The third kappa shape index (κ3) is 2.70. The Balaban J connectivity index is 2.22. The summed E-state index contributed by atoms with van der Waals surface area (Å²) < 4.78 is 5.13. The fraction of sp³-hybridized carbons (Fsp3) is 0.200. The summed E-state index contributed by atoms with van der Waals surface area (Å²) in [6.45, 7) is -0.0398. The standard InChI is InChI=1S/C15H17NO2/c1-18-14-8-6-12(7-9-14)11-2-4-13(5-3-11)15(16)10-17/h2-9,15,17H,10,16H2,1H3. The lowest BCUT2D eigenvalue weighted by atomic mass is 10.0. The summed E-state index contributed by atoms with van der Waals surface area (Å²) in [5.74, 6) is 0.845. The molecule has 3 nitrogen and oxygen atoms in total. The van der Waals surface area contributed by atoms with Crippen molar-refractivity contribution >= 4 is 0 Å². The number of hydrogen-bond acceptors (Lipinski definition) is 3. The van der Waals surface area contributed by atoms with Crippen molar-refractivity contribution < 1.29 is 9.84 Å². The lowest BCUT2D eigenvalue weighted by molar-refractivity contribution is 0.268. The van der Waals surface area contributed by atoms with Crippen LogP contribution in [0.4, 0.5) is 0 Å². The average molecular weight is 243 g/mol. The van der Waals surface area contributed by atoms with E-state index in [0.717, 1.165) is 22.4 Å². The maximum Gasteiger partial charge on any atom is 0.118 e. The first-order chi connectivity index (χ1) is 8.74. The lowest BCUT2D eigenvalue weighted by Crippen LogP contribution is -2.14. The molecule has 1 unspecified atom stereocenters. The molecule has 0 aliphatic carbocycles. The van der Waals surface area contributed by atoms with E-state index >= 15 is 0 Å². The number of benzene rings is 2. The quantitative estimate of drug-likeness (QED) is 0.866. The van der Waals surface area contributed by atoms with Crippen molar-refractivity contribution in [1.29, 1.82) is 0 Å². The van der Waals surface area contributed by atoms with Gasteiger partial charge in [-0.1, -0.05) is 36.4 Å². The Morgan fingerprint density at radius 2 is 1.50 bits per heavy atom. The molecule has 1 atom stereocenters. The first kappa shape index (κ1) is 12.6. The van der Waals surface area contributed by atoms with Gasteiger partial charge in [-0.2, -0.15) is 0 Å². The fourth-order valence-electron chi connectivity index (χ4n) is 1.81. The van der Waals surface area contributed by atoms with Crippen LogP contribution in [-0.2, 0) is 0 Å². The molecule has 0 saturated heterocycles. The van der Waals surface area contributed by atoms with Gasteiger partial charge in [-0.25, -0.2) is 0 Å². The van der Waals surface area contributed by atoms with Gasteiger partial charge >= 0.3 is 0 Å². The Kier molecular flexibility index (Phi) is 3.97. The zero-order valence-corrected chi connectivity index (χ0v) is 10.3. The Labute approximate surface area is 107 Å². The number of nitrogens with two attached hydrogens (primary N) is 1. The van der Waals surface area contributed by atoms with Gasteiger partial charge in [0, 0.05) is 0 Å². The second-order valence-electron chi connectivity index (χ2n) is 4.14. The molecule has 0 aliphatic heterocycles. The normalized spacial score (nSPS) is 12.2. The molecule has 3 N–H and O–H groups in total. The van der Waals surface area contributed by atoms with E-state index in [0.29, 0.717) is 0 Å². The van der Waals surface area contributed by atoms with Crippen molar-refractivity contribution in [3.8, 4) is 16.9 Å². The van der Waals surface area contributed by atoms with Crippen LogP contribution < -0.4 is 10.5 Å². The molecule has 2 aromatic carbocycles. The molecule has 0 heterocycles. The SMILES string of the molecule is COc1ccc(-c2ccc(C(N)CO)cc2)cc1. The number of ether oxygens (including phenoxy) is 1. The summed E-state index contributed by atoms with van der Waals surface area (Å²) in [5.41, 5.74) is 8.94. The van der Waals surface area contributed by atoms with Gasteiger partial charge in [-0.3, -0.25) is 0 Å². The van der Waals surface area contributed by atoms with Gasteiger partial charge in [-0.05, 0) is 28.8 Å². The summed E-state index contributed by atoms with van der Waals surface area (Å²) in [5, 5.41) is 8.99. The molecule has 2 aromatic rings. The number of hydrogen-bond donors (Lipinski definition) is 2. The minimum absolute atomic E-state index is 0.0398. The minimum Gasteiger partial charge on any atom is -0.497 e. The maximum absolute atomic E-state index is 8.99. The van der Waals surface area contributed by atoms with Crippen LogP contribution in [0.15, 0.2) is 48.5 Å². The summed E-state index contributed by atoms with van der Waals surface area (Å²) in [6.07, 6.45) is 0. The van der Waals surface area contributed by atoms with Crippen molar-refractivity contribution in [3.05, 3.63) is 54.1 Å². The third-order valence-corrected chi connectivity index (χ3v) is 2.96. The van der Waals surface area contributed by atoms with Gasteiger partial charge in [0.25, 0.3) is 0 Å². The second kappa shape index (κ2) is 5.67. The highest BCUT2D eigenvalue weighted by Crippen LogP contribution is 2.23.